The molecule has 1 unspecified atom stereocenters. The molecule has 0 amide bonds. The first-order valence-electron chi connectivity index (χ1n) is 6.56. The summed E-state index contributed by atoms with van der Waals surface area (Å²) in [5, 5.41) is 0. The Hall–Kier alpha value is -1.03. The predicted octanol–water partition coefficient (Wildman–Crippen LogP) is 3.39. The van der Waals surface area contributed by atoms with Crippen LogP contribution in [-0.4, -0.2) is 16.1 Å². The van der Waals surface area contributed by atoms with E-state index in [1.54, 1.807) is 6.26 Å². The Morgan fingerprint density at radius 1 is 1.16 bits per heavy atom. The van der Waals surface area contributed by atoms with Crippen molar-refractivity contribution in [3.05, 3.63) is 22.3 Å². The van der Waals surface area contributed by atoms with Crippen LogP contribution in [0.1, 0.15) is 42.5 Å². The lowest BCUT2D eigenvalue weighted by atomic mass is 9.88. The zero-order valence-corrected chi connectivity index (χ0v) is 13.4. The maximum Gasteiger partial charge on any atom is 0.203 e. The third-order valence-corrected chi connectivity index (χ3v) is 4.27. The van der Waals surface area contributed by atoms with E-state index in [2.05, 4.69) is 13.8 Å². The van der Waals surface area contributed by atoms with Crippen molar-refractivity contribution in [2.75, 3.05) is 6.26 Å². The molecule has 0 aliphatic carbocycles. The van der Waals surface area contributed by atoms with Crippen molar-refractivity contribution in [3.63, 3.8) is 0 Å². The van der Waals surface area contributed by atoms with Crippen LogP contribution in [0.15, 0.2) is 0 Å². The molecule has 0 bridgehead atoms. The summed E-state index contributed by atoms with van der Waals surface area (Å²) < 4.78 is 23.0. The van der Waals surface area contributed by atoms with Gasteiger partial charge in [0.1, 0.15) is 17.1 Å². The molecule has 0 saturated carbocycles. The van der Waals surface area contributed by atoms with E-state index < -0.39 is 11.1 Å². The molecule has 0 radical (unpaired) electrons. The molecule has 19 heavy (non-hydrogen) atoms. The summed E-state index contributed by atoms with van der Waals surface area (Å²) in [5.74, 6) is 1.74. The summed E-state index contributed by atoms with van der Waals surface area (Å²) >= 11 is -1.30. The summed E-state index contributed by atoms with van der Waals surface area (Å²) in [6, 6.07) is 0. The number of fused-ring (bicyclic) bond motifs is 1. The highest BCUT2D eigenvalue weighted by Gasteiger charge is 2.31. The minimum absolute atomic E-state index is 0.118. The zero-order chi connectivity index (χ0) is 14.4. The molecule has 4 heteroatoms. The van der Waals surface area contributed by atoms with Gasteiger partial charge in [0.2, 0.25) is 11.1 Å². The second-order valence-electron chi connectivity index (χ2n) is 5.86. The molecule has 1 atom stereocenters. The lowest BCUT2D eigenvalue weighted by Gasteiger charge is -2.35. The van der Waals surface area contributed by atoms with Crippen molar-refractivity contribution in [2.45, 2.75) is 53.1 Å². The average Bonchev–Trinajstić information content (AvgIpc) is 2.30. The van der Waals surface area contributed by atoms with E-state index in [4.69, 9.17) is 8.92 Å². The van der Waals surface area contributed by atoms with Gasteiger partial charge in [0.15, 0.2) is 0 Å². The van der Waals surface area contributed by atoms with E-state index in [-0.39, 0.29) is 5.60 Å². The highest BCUT2D eigenvalue weighted by atomic mass is 32.2. The lowest BCUT2D eigenvalue weighted by molar-refractivity contribution is 0.0832. The number of hydrogen-bond donors (Lipinski definition) is 0. The zero-order valence-electron chi connectivity index (χ0n) is 12.5. The predicted molar refractivity (Wildman–Crippen MR) is 78.4 cm³/mol. The van der Waals surface area contributed by atoms with Gasteiger partial charge in [0, 0.05) is 11.8 Å². The molecule has 1 aliphatic heterocycles. The van der Waals surface area contributed by atoms with E-state index in [1.165, 1.54) is 5.56 Å². The fraction of sp³-hybridized carbons (Fsp3) is 0.600. The second-order valence-corrected chi connectivity index (χ2v) is 6.83. The van der Waals surface area contributed by atoms with E-state index in [1.807, 2.05) is 20.8 Å². The van der Waals surface area contributed by atoms with E-state index in [9.17, 15) is 4.21 Å². The van der Waals surface area contributed by atoms with Crippen LogP contribution < -0.4 is 8.92 Å². The summed E-state index contributed by atoms with van der Waals surface area (Å²) in [4.78, 5) is 0. The Bertz CT molecular complexity index is 547. The molecule has 0 aromatic heterocycles. The Morgan fingerprint density at radius 2 is 1.79 bits per heavy atom. The minimum atomic E-state index is -1.30. The van der Waals surface area contributed by atoms with Gasteiger partial charge >= 0.3 is 0 Å². The Labute approximate surface area is 118 Å². The molecular formula is C15H22O3S. The molecule has 0 spiro atoms. The molecule has 2 rings (SSSR count). The van der Waals surface area contributed by atoms with Crippen LogP contribution in [-0.2, 0) is 17.5 Å². The number of hydrogen-bond acceptors (Lipinski definition) is 3. The summed E-state index contributed by atoms with van der Waals surface area (Å²) in [5.41, 5.74) is 4.25. The maximum atomic E-state index is 11.4. The topological polar surface area (TPSA) is 35.5 Å². The largest absolute Gasteiger partial charge is 0.487 e. The molecule has 1 aliphatic rings. The summed E-state index contributed by atoms with van der Waals surface area (Å²) in [7, 11) is 0. The van der Waals surface area contributed by atoms with Crippen molar-refractivity contribution < 1.29 is 13.1 Å². The Kier molecular flexibility index (Phi) is 3.65. The first kappa shape index (κ1) is 14.4. The quantitative estimate of drug-likeness (QED) is 0.834. The fourth-order valence-corrected chi connectivity index (χ4v) is 3.08. The van der Waals surface area contributed by atoms with Crippen molar-refractivity contribution in [1.82, 2.24) is 0 Å². The smallest absolute Gasteiger partial charge is 0.203 e. The minimum Gasteiger partial charge on any atom is -0.487 e. The van der Waals surface area contributed by atoms with E-state index >= 15 is 0 Å². The second kappa shape index (κ2) is 4.82. The van der Waals surface area contributed by atoms with Crippen LogP contribution >= 0.6 is 0 Å². The molecule has 0 saturated heterocycles. The third kappa shape index (κ3) is 2.64. The molecule has 106 valence electrons. The SMILES string of the molecule is Cc1c(C)c2c(c(C)c1OS(C)=O)CCC(C)(C)O2. The lowest BCUT2D eigenvalue weighted by Crippen LogP contribution is -2.33. The highest BCUT2D eigenvalue weighted by Crippen LogP contribution is 2.43. The number of ether oxygens (including phenoxy) is 1. The van der Waals surface area contributed by atoms with Gasteiger partial charge in [-0.3, -0.25) is 0 Å². The van der Waals surface area contributed by atoms with Gasteiger partial charge in [-0.05, 0) is 64.2 Å². The van der Waals surface area contributed by atoms with Gasteiger partial charge in [-0.15, -0.1) is 0 Å². The average molecular weight is 282 g/mol. The van der Waals surface area contributed by atoms with Gasteiger partial charge < -0.3 is 8.92 Å². The summed E-state index contributed by atoms with van der Waals surface area (Å²) in [6.07, 6.45) is 3.51. The normalized spacial score (nSPS) is 18.4. The van der Waals surface area contributed by atoms with Crippen molar-refractivity contribution >= 4 is 11.1 Å². The molecule has 1 aromatic carbocycles. The molecule has 1 aromatic rings. The van der Waals surface area contributed by atoms with Crippen molar-refractivity contribution in [2.24, 2.45) is 0 Å². The molecular weight excluding hydrogens is 260 g/mol. The van der Waals surface area contributed by atoms with Crippen LogP contribution in [0.2, 0.25) is 0 Å². The van der Waals surface area contributed by atoms with Crippen LogP contribution in [0.25, 0.3) is 0 Å². The van der Waals surface area contributed by atoms with Gasteiger partial charge in [-0.1, -0.05) is 0 Å². The molecule has 0 N–H and O–H groups in total. The van der Waals surface area contributed by atoms with Gasteiger partial charge in [-0.25, -0.2) is 4.21 Å². The Morgan fingerprint density at radius 3 is 2.37 bits per heavy atom. The molecule has 0 fully saturated rings. The highest BCUT2D eigenvalue weighted by molar-refractivity contribution is 7.79. The van der Waals surface area contributed by atoms with Gasteiger partial charge in [-0.2, -0.15) is 0 Å². The van der Waals surface area contributed by atoms with Crippen LogP contribution in [0, 0.1) is 20.8 Å². The van der Waals surface area contributed by atoms with E-state index in [0.717, 1.165) is 41.0 Å². The van der Waals surface area contributed by atoms with Gasteiger partial charge in [0.25, 0.3) is 0 Å². The standard InChI is InChI=1S/C15H22O3S/c1-9-10(2)14-12(7-8-15(4,5)17-14)11(3)13(9)18-19(6)16/h7-8H2,1-6H3. The summed E-state index contributed by atoms with van der Waals surface area (Å²) in [6.45, 7) is 10.3. The van der Waals surface area contributed by atoms with Crippen molar-refractivity contribution in [3.8, 4) is 11.5 Å². The molecule has 1 heterocycles. The maximum absolute atomic E-state index is 11.4. The number of benzene rings is 1. The van der Waals surface area contributed by atoms with Crippen LogP contribution in [0.4, 0.5) is 0 Å². The van der Waals surface area contributed by atoms with Crippen LogP contribution in [0.5, 0.6) is 11.5 Å². The monoisotopic (exact) mass is 282 g/mol. The third-order valence-electron chi connectivity index (χ3n) is 3.87. The molecule has 3 nitrogen and oxygen atoms in total. The van der Waals surface area contributed by atoms with E-state index in [0.29, 0.717) is 0 Å². The first-order chi connectivity index (χ1) is 8.73. The Balaban J connectivity index is 2.60. The van der Waals surface area contributed by atoms with Crippen molar-refractivity contribution in [1.29, 1.82) is 0 Å². The van der Waals surface area contributed by atoms with Crippen LogP contribution in [0.3, 0.4) is 0 Å². The first-order valence-corrected chi connectivity index (χ1v) is 8.04. The van der Waals surface area contributed by atoms with Gasteiger partial charge in [0.05, 0.1) is 0 Å². The fourth-order valence-electron chi connectivity index (χ4n) is 2.59. The number of rotatable bonds is 2.